The zero-order valence-electron chi connectivity index (χ0n) is 32.7. The van der Waals surface area contributed by atoms with E-state index in [1.54, 1.807) is 11.8 Å². The molecule has 6 amide bonds. The first-order chi connectivity index (χ1) is 25.5. The number of nitrogens with zero attached hydrogens (tertiary/aromatic N) is 1. The third-order valence-electron chi connectivity index (χ3n) is 9.19. The Morgan fingerprint density at radius 1 is 0.759 bits per heavy atom. The van der Waals surface area contributed by atoms with E-state index in [-0.39, 0.29) is 69.1 Å². The van der Waals surface area contributed by atoms with Gasteiger partial charge in [0, 0.05) is 26.1 Å². The topological polar surface area (TPSA) is 249 Å². The molecule has 1 aromatic rings. The van der Waals surface area contributed by atoms with Crippen LogP contribution >= 0.6 is 0 Å². The predicted molar refractivity (Wildman–Crippen MR) is 203 cm³/mol. The summed E-state index contributed by atoms with van der Waals surface area (Å²) in [5, 5.41) is 31.8. The number of nitrogens with one attached hydrogen (secondary N) is 5. The minimum absolute atomic E-state index is 0.0216. The molecule has 16 heteroatoms. The van der Waals surface area contributed by atoms with Crippen molar-refractivity contribution >= 4 is 41.4 Å². The van der Waals surface area contributed by atoms with Crippen LogP contribution in [0.4, 0.5) is 0 Å². The summed E-state index contributed by atoms with van der Waals surface area (Å²) in [5.41, 5.74) is 6.46. The highest BCUT2D eigenvalue weighted by atomic mass is 16.4. The number of carboxylic acids is 1. The summed E-state index contributed by atoms with van der Waals surface area (Å²) in [6, 6.07) is 5.08. The first-order valence-corrected chi connectivity index (χ1v) is 18.9. The Morgan fingerprint density at radius 3 is 1.89 bits per heavy atom. The molecular formula is C38H63N7O9. The van der Waals surface area contributed by atoms with E-state index in [1.165, 1.54) is 0 Å². The molecule has 0 fully saturated rings. The average Bonchev–Trinajstić information content (AvgIpc) is 3.14. The monoisotopic (exact) mass is 761 g/mol. The largest absolute Gasteiger partial charge is 0.480 e. The molecule has 0 saturated carbocycles. The maximum absolute atomic E-state index is 13.4. The zero-order chi connectivity index (χ0) is 40.8. The molecule has 1 aromatic carbocycles. The number of carbonyl (C=O) groups is 7. The van der Waals surface area contributed by atoms with Crippen molar-refractivity contribution < 1.29 is 43.8 Å². The van der Waals surface area contributed by atoms with Gasteiger partial charge in [0.1, 0.15) is 24.2 Å². The Hall–Kier alpha value is -4.57. The standard InChI is InChI=1S/C38H63N7O9/c1-7-25(5)33(44-37(52)34(26(6)8-2)43-35(50)28(39)23-46)36(51)40-17-13-19-45(32(49)21-27-14-10-9-11-15-27)18-12-16-30(47)41-22-31(48)42-29(38(53)54)20-24(3)4/h9-11,14-15,24-26,28-29,33-34,46H,7-8,12-13,16-23,39H2,1-6H3,(H,40,51)(H,41,47)(H,42,48)(H,43,50)(H,44,52)(H,53,54). The molecule has 0 radical (unpaired) electrons. The molecule has 0 aliphatic carbocycles. The fraction of sp³-hybridized carbons (Fsp3) is 0.658. The van der Waals surface area contributed by atoms with Gasteiger partial charge in [-0.25, -0.2) is 4.79 Å². The second-order valence-corrected chi connectivity index (χ2v) is 14.2. The van der Waals surface area contributed by atoms with Crippen LogP contribution in [0.2, 0.25) is 0 Å². The quantitative estimate of drug-likeness (QED) is 0.0606. The number of amides is 6. The third kappa shape index (κ3) is 18.0. The van der Waals surface area contributed by atoms with Gasteiger partial charge >= 0.3 is 5.97 Å². The molecule has 6 unspecified atom stereocenters. The summed E-state index contributed by atoms with van der Waals surface area (Å²) in [6.07, 6.45) is 2.23. The van der Waals surface area contributed by atoms with E-state index >= 15 is 0 Å². The lowest BCUT2D eigenvalue weighted by molar-refractivity contribution is -0.142. The summed E-state index contributed by atoms with van der Waals surface area (Å²) in [7, 11) is 0. The van der Waals surface area contributed by atoms with Crippen LogP contribution in [0, 0.1) is 17.8 Å². The Labute approximate surface area is 319 Å². The Kier molecular flexibility index (Phi) is 22.4. The van der Waals surface area contributed by atoms with Crippen LogP contribution in [0.25, 0.3) is 0 Å². The third-order valence-corrected chi connectivity index (χ3v) is 9.19. The molecule has 304 valence electrons. The van der Waals surface area contributed by atoms with Gasteiger partial charge in [0.25, 0.3) is 0 Å². The van der Waals surface area contributed by atoms with E-state index < -0.39 is 66.3 Å². The predicted octanol–water partition coefficient (Wildman–Crippen LogP) is 0.457. The summed E-state index contributed by atoms with van der Waals surface area (Å²) < 4.78 is 0. The zero-order valence-corrected chi connectivity index (χ0v) is 32.7. The Morgan fingerprint density at radius 2 is 1.33 bits per heavy atom. The normalized spacial score (nSPS) is 14.4. The Bertz CT molecular complexity index is 1360. The molecule has 0 aliphatic heterocycles. The first kappa shape index (κ1) is 47.5. The van der Waals surface area contributed by atoms with Crippen molar-refractivity contribution in [2.75, 3.05) is 32.8 Å². The number of aliphatic hydroxyl groups excluding tert-OH is 1. The smallest absolute Gasteiger partial charge is 0.326 e. The molecule has 0 aliphatic rings. The maximum Gasteiger partial charge on any atom is 0.326 e. The van der Waals surface area contributed by atoms with Gasteiger partial charge in [0.15, 0.2) is 0 Å². The van der Waals surface area contributed by atoms with Crippen molar-refractivity contribution in [3.05, 3.63) is 35.9 Å². The van der Waals surface area contributed by atoms with Gasteiger partial charge in [0.05, 0.1) is 19.6 Å². The van der Waals surface area contributed by atoms with Crippen LogP contribution < -0.4 is 32.3 Å². The number of hydrogen-bond acceptors (Lipinski definition) is 9. The van der Waals surface area contributed by atoms with Gasteiger partial charge in [-0.15, -0.1) is 0 Å². The van der Waals surface area contributed by atoms with Crippen molar-refractivity contribution in [3.8, 4) is 0 Å². The van der Waals surface area contributed by atoms with Gasteiger partial charge in [-0.05, 0) is 42.6 Å². The number of aliphatic carboxylic acids is 1. The summed E-state index contributed by atoms with van der Waals surface area (Å²) in [4.78, 5) is 90.3. The van der Waals surface area contributed by atoms with Gasteiger partial charge < -0.3 is 47.4 Å². The van der Waals surface area contributed by atoms with E-state index in [4.69, 9.17) is 5.73 Å². The van der Waals surface area contributed by atoms with E-state index in [9.17, 15) is 43.8 Å². The highest BCUT2D eigenvalue weighted by Crippen LogP contribution is 2.13. The van der Waals surface area contributed by atoms with Gasteiger partial charge in [0.2, 0.25) is 35.4 Å². The van der Waals surface area contributed by atoms with Crippen molar-refractivity contribution in [1.29, 1.82) is 0 Å². The Balaban J connectivity index is 2.85. The molecule has 0 saturated heterocycles. The number of hydrogen-bond donors (Lipinski definition) is 8. The fourth-order valence-corrected chi connectivity index (χ4v) is 5.46. The van der Waals surface area contributed by atoms with E-state index in [0.717, 1.165) is 5.56 Å². The highest BCUT2D eigenvalue weighted by Gasteiger charge is 2.33. The van der Waals surface area contributed by atoms with E-state index in [2.05, 4.69) is 26.6 Å². The van der Waals surface area contributed by atoms with Crippen LogP contribution in [0.1, 0.15) is 85.6 Å². The molecule has 54 heavy (non-hydrogen) atoms. The molecule has 9 N–H and O–H groups in total. The maximum atomic E-state index is 13.4. The number of nitrogens with two attached hydrogens (primary N) is 1. The number of carboxylic acid groups (broad SMARTS) is 1. The van der Waals surface area contributed by atoms with Crippen LogP contribution in [0.5, 0.6) is 0 Å². The lowest BCUT2D eigenvalue weighted by atomic mass is 9.94. The number of rotatable bonds is 26. The lowest BCUT2D eigenvalue weighted by Gasteiger charge is -2.29. The van der Waals surface area contributed by atoms with Crippen LogP contribution in [0.15, 0.2) is 30.3 Å². The summed E-state index contributed by atoms with van der Waals surface area (Å²) >= 11 is 0. The van der Waals surface area contributed by atoms with Crippen LogP contribution in [-0.2, 0) is 40.0 Å². The highest BCUT2D eigenvalue weighted by molar-refractivity contribution is 5.93. The van der Waals surface area contributed by atoms with Crippen molar-refractivity contribution in [1.82, 2.24) is 31.5 Å². The molecule has 6 atom stereocenters. The number of benzene rings is 1. The average molecular weight is 762 g/mol. The van der Waals surface area contributed by atoms with E-state index in [0.29, 0.717) is 25.7 Å². The van der Waals surface area contributed by atoms with Crippen LogP contribution in [0.3, 0.4) is 0 Å². The molecule has 16 nitrogen and oxygen atoms in total. The van der Waals surface area contributed by atoms with Gasteiger partial charge in [-0.2, -0.15) is 0 Å². The van der Waals surface area contributed by atoms with Crippen molar-refractivity contribution in [2.24, 2.45) is 23.5 Å². The first-order valence-electron chi connectivity index (χ1n) is 18.9. The SMILES string of the molecule is CCC(C)C(NC(=O)C(N)CO)C(=O)NC(C(=O)NCCCN(CCCC(=O)NCC(=O)NC(CC(C)C)C(=O)O)C(=O)Cc1ccccc1)C(C)CC. The van der Waals surface area contributed by atoms with Crippen LogP contribution in [-0.4, -0.2) is 113 Å². The molecule has 0 heterocycles. The van der Waals surface area contributed by atoms with E-state index in [1.807, 2.05) is 65.0 Å². The summed E-state index contributed by atoms with van der Waals surface area (Å²) in [5.74, 6) is -4.46. The van der Waals surface area contributed by atoms with Crippen molar-refractivity contribution in [2.45, 2.75) is 111 Å². The summed E-state index contributed by atoms with van der Waals surface area (Å²) in [6.45, 7) is 10.8. The molecule has 1 rings (SSSR count). The lowest BCUT2D eigenvalue weighted by Crippen LogP contribution is -2.59. The van der Waals surface area contributed by atoms with Crippen molar-refractivity contribution in [3.63, 3.8) is 0 Å². The number of carbonyl (C=O) groups excluding carboxylic acids is 6. The second-order valence-electron chi connectivity index (χ2n) is 14.2. The van der Waals surface area contributed by atoms with Gasteiger partial charge in [-0.1, -0.05) is 84.7 Å². The molecule has 0 aromatic heterocycles. The molecule has 0 bridgehead atoms. The minimum atomic E-state index is -1.19. The molecular weight excluding hydrogens is 698 g/mol. The second kappa shape index (κ2) is 25.4. The molecule has 0 spiro atoms. The number of aliphatic hydroxyl groups is 1. The van der Waals surface area contributed by atoms with Gasteiger partial charge in [-0.3, -0.25) is 28.8 Å². The minimum Gasteiger partial charge on any atom is -0.480 e. The fourth-order valence-electron chi connectivity index (χ4n) is 5.46.